The number of hydrogen-bond donors (Lipinski definition) is 0. The summed E-state index contributed by atoms with van der Waals surface area (Å²) >= 11 is 0. The Kier molecular flexibility index (Phi) is 2.69. The normalized spacial score (nSPS) is 16.4. The first-order chi connectivity index (χ1) is 8.01. The van der Waals surface area contributed by atoms with Crippen LogP contribution >= 0.6 is 0 Å². The Labute approximate surface area is 96.4 Å². The van der Waals surface area contributed by atoms with Gasteiger partial charge in [-0.15, -0.1) is 0 Å². The highest BCUT2D eigenvalue weighted by Gasteiger charge is 2.57. The third kappa shape index (κ3) is 1.81. The van der Waals surface area contributed by atoms with Crippen molar-refractivity contribution in [2.45, 2.75) is 12.8 Å². The molecule has 0 atom stereocenters. The van der Waals surface area contributed by atoms with E-state index >= 15 is 0 Å². The molecule has 5 heteroatoms. The molecule has 0 unspecified atom stereocenters. The zero-order chi connectivity index (χ0) is 12.6. The van der Waals surface area contributed by atoms with Crippen LogP contribution in [0, 0.1) is 17.0 Å². The molecule has 1 fully saturated rings. The molecular weight excluding hydrogens is 230 g/mol. The van der Waals surface area contributed by atoms with E-state index in [9.17, 15) is 18.4 Å². The van der Waals surface area contributed by atoms with E-state index in [2.05, 4.69) is 4.74 Å². The van der Waals surface area contributed by atoms with E-state index in [1.165, 1.54) is 13.2 Å². The summed E-state index contributed by atoms with van der Waals surface area (Å²) in [5.74, 6) is -3.25. The van der Waals surface area contributed by atoms with Gasteiger partial charge in [0.05, 0.1) is 7.11 Å². The summed E-state index contributed by atoms with van der Waals surface area (Å²) < 4.78 is 30.3. The predicted molar refractivity (Wildman–Crippen MR) is 54.4 cm³/mol. The summed E-state index contributed by atoms with van der Waals surface area (Å²) in [6.07, 6.45) is 0.773. The second kappa shape index (κ2) is 3.91. The van der Waals surface area contributed by atoms with E-state index in [-0.39, 0.29) is 5.56 Å². The van der Waals surface area contributed by atoms with Crippen molar-refractivity contribution in [1.82, 2.24) is 0 Å². The highest BCUT2D eigenvalue weighted by atomic mass is 19.2. The van der Waals surface area contributed by atoms with E-state index in [0.29, 0.717) is 12.8 Å². The van der Waals surface area contributed by atoms with Crippen LogP contribution in [0.5, 0.6) is 0 Å². The van der Waals surface area contributed by atoms with E-state index in [4.69, 9.17) is 0 Å². The molecule has 1 aliphatic rings. The van der Waals surface area contributed by atoms with E-state index < -0.39 is 28.8 Å². The van der Waals surface area contributed by atoms with Crippen molar-refractivity contribution in [2.75, 3.05) is 7.11 Å². The molecule has 1 aromatic rings. The number of halogens is 2. The minimum absolute atomic E-state index is 0.00759. The summed E-state index contributed by atoms with van der Waals surface area (Å²) in [6, 6.07) is 2.85. The molecule has 90 valence electrons. The lowest BCUT2D eigenvalue weighted by Gasteiger charge is -2.11. The van der Waals surface area contributed by atoms with Gasteiger partial charge in [-0.05, 0) is 31.0 Å². The lowest BCUT2D eigenvalue weighted by Crippen LogP contribution is -2.27. The maximum absolute atomic E-state index is 13.0. The third-order valence-electron chi connectivity index (χ3n) is 2.94. The molecule has 0 aromatic heterocycles. The minimum atomic E-state index is -1.18. The second-order valence-corrected chi connectivity index (χ2v) is 4.03. The molecule has 3 nitrogen and oxygen atoms in total. The van der Waals surface area contributed by atoms with Crippen molar-refractivity contribution in [3.05, 3.63) is 35.4 Å². The van der Waals surface area contributed by atoms with E-state index in [0.717, 1.165) is 12.1 Å². The van der Waals surface area contributed by atoms with Crippen molar-refractivity contribution >= 4 is 11.8 Å². The third-order valence-corrected chi connectivity index (χ3v) is 2.94. The van der Waals surface area contributed by atoms with Gasteiger partial charge in [0.25, 0.3) is 0 Å². The van der Waals surface area contributed by atoms with Gasteiger partial charge < -0.3 is 4.74 Å². The van der Waals surface area contributed by atoms with Crippen LogP contribution in [-0.2, 0) is 9.53 Å². The molecule has 0 saturated heterocycles. The molecule has 0 aliphatic heterocycles. The number of Topliss-reactive ketones (excluding diaryl/α,β-unsaturated/α-hetero) is 1. The molecule has 0 bridgehead atoms. The molecule has 0 heterocycles. The number of ketones is 1. The quantitative estimate of drug-likeness (QED) is 0.461. The first-order valence-electron chi connectivity index (χ1n) is 5.09. The van der Waals surface area contributed by atoms with Gasteiger partial charge in [-0.1, -0.05) is 0 Å². The fourth-order valence-electron chi connectivity index (χ4n) is 1.76. The van der Waals surface area contributed by atoms with Crippen LogP contribution in [0.4, 0.5) is 8.78 Å². The predicted octanol–water partition coefficient (Wildman–Crippen LogP) is 2.10. The first kappa shape index (κ1) is 11.7. The molecule has 1 saturated carbocycles. The average molecular weight is 240 g/mol. The molecule has 0 N–H and O–H groups in total. The van der Waals surface area contributed by atoms with Gasteiger partial charge in [0.2, 0.25) is 0 Å². The Morgan fingerprint density at radius 2 is 1.88 bits per heavy atom. The van der Waals surface area contributed by atoms with Gasteiger partial charge in [0.15, 0.2) is 17.4 Å². The fraction of sp³-hybridized carbons (Fsp3) is 0.333. The second-order valence-electron chi connectivity index (χ2n) is 4.03. The molecule has 17 heavy (non-hydrogen) atoms. The molecule has 1 aromatic carbocycles. The van der Waals surface area contributed by atoms with E-state index in [1.54, 1.807) is 0 Å². The maximum atomic E-state index is 13.0. The number of ether oxygens (including phenoxy) is 1. The van der Waals surface area contributed by atoms with Crippen LogP contribution in [0.1, 0.15) is 23.2 Å². The van der Waals surface area contributed by atoms with Crippen molar-refractivity contribution in [3.63, 3.8) is 0 Å². The number of carbonyl (C=O) groups is 2. The average Bonchev–Trinajstić information content (AvgIpc) is 3.12. The number of esters is 1. The summed E-state index contributed by atoms with van der Waals surface area (Å²) in [4.78, 5) is 23.5. The van der Waals surface area contributed by atoms with Crippen LogP contribution in [0.3, 0.4) is 0 Å². The van der Waals surface area contributed by atoms with Gasteiger partial charge in [-0.3, -0.25) is 9.59 Å². The van der Waals surface area contributed by atoms with Crippen LogP contribution in [-0.4, -0.2) is 18.9 Å². The number of rotatable bonds is 3. The smallest absolute Gasteiger partial charge is 0.319 e. The Morgan fingerprint density at radius 1 is 1.24 bits per heavy atom. The molecule has 0 amide bonds. The van der Waals surface area contributed by atoms with Gasteiger partial charge in [-0.2, -0.15) is 0 Å². The van der Waals surface area contributed by atoms with Crippen molar-refractivity contribution < 1.29 is 23.1 Å². The van der Waals surface area contributed by atoms with Gasteiger partial charge in [-0.25, -0.2) is 8.78 Å². The summed E-state index contributed by atoms with van der Waals surface area (Å²) in [7, 11) is 1.20. The Balaban J connectivity index is 2.32. The zero-order valence-electron chi connectivity index (χ0n) is 9.13. The largest absolute Gasteiger partial charge is 0.468 e. The van der Waals surface area contributed by atoms with Crippen molar-refractivity contribution in [2.24, 2.45) is 5.41 Å². The summed E-state index contributed by atoms with van der Waals surface area (Å²) in [6.45, 7) is 0. The molecule has 2 rings (SSSR count). The van der Waals surface area contributed by atoms with Gasteiger partial charge in [0, 0.05) is 5.56 Å². The monoisotopic (exact) mass is 240 g/mol. The van der Waals surface area contributed by atoms with Gasteiger partial charge in [0.1, 0.15) is 5.41 Å². The topological polar surface area (TPSA) is 43.4 Å². The maximum Gasteiger partial charge on any atom is 0.319 e. The SMILES string of the molecule is COC(=O)C1(C(=O)c2ccc(F)c(F)c2)CC1. The minimum Gasteiger partial charge on any atom is -0.468 e. The van der Waals surface area contributed by atoms with Gasteiger partial charge >= 0.3 is 5.97 Å². The molecular formula is C12H10F2O3. The molecule has 1 aliphatic carbocycles. The van der Waals surface area contributed by atoms with Crippen LogP contribution in [0.25, 0.3) is 0 Å². The Hall–Kier alpha value is -1.78. The van der Waals surface area contributed by atoms with E-state index in [1.807, 2.05) is 0 Å². The zero-order valence-corrected chi connectivity index (χ0v) is 9.13. The standard InChI is InChI=1S/C12H10F2O3/c1-17-11(16)12(4-5-12)10(15)7-2-3-8(13)9(14)6-7/h2-3,6H,4-5H2,1H3. The Morgan fingerprint density at radius 3 is 2.35 bits per heavy atom. The number of carbonyl (C=O) groups excluding carboxylic acids is 2. The number of methoxy groups -OCH3 is 1. The molecule has 0 radical (unpaired) electrons. The number of hydrogen-bond acceptors (Lipinski definition) is 3. The first-order valence-corrected chi connectivity index (χ1v) is 5.09. The summed E-state index contributed by atoms with van der Waals surface area (Å²) in [5.41, 5.74) is -1.19. The Bertz CT molecular complexity index is 493. The molecule has 0 spiro atoms. The van der Waals surface area contributed by atoms with Crippen LogP contribution in [0.2, 0.25) is 0 Å². The highest BCUT2D eigenvalue weighted by molar-refractivity contribution is 6.14. The lowest BCUT2D eigenvalue weighted by molar-refractivity contribution is -0.145. The lowest BCUT2D eigenvalue weighted by atomic mass is 9.95. The van der Waals surface area contributed by atoms with Crippen LogP contribution in [0.15, 0.2) is 18.2 Å². The number of benzene rings is 1. The van der Waals surface area contributed by atoms with Crippen LogP contribution < -0.4 is 0 Å². The fourth-order valence-corrected chi connectivity index (χ4v) is 1.76. The van der Waals surface area contributed by atoms with Crippen molar-refractivity contribution in [3.8, 4) is 0 Å². The highest BCUT2D eigenvalue weighted by Crippen LogP contribution is 2.49. The van der Waals surface area contributed by atoms with Crippen molar-refractivity contribution in [1.29, 1.82) is 0 Å². The summed E-state index contributed by atoms with van der Waals surface area (Å²) in [5, 5.41) is 0.